The molecule has 27 heavy (non-hydrogen) atoms. The Labute approximate surface area is 160 Å². The zero-order valence-corrected chi connectivity index (χ0v) is 16.6. The predicted molar refractivity (Wildman–Crippen MR) is 102 cm³/mol. The molecule has 0 aromatic heterocycles. The van der Waals surface area contributed by atoms with Gasteiger partial charge in [-0.2, -0.15) is 0 Å². The molecule has 1 heterocycles. The Morgan fingerprint density at radius 3 is 2.33 bits per heavy atom. The first-order chi connectivity index (χ1) is 12.9. The van der Waals surface area contributed by atoms with E-state index in [0.717, 1.165) is 13.1 Å². The minimum Gasteiger partial charge on any atom is -0.503 e. The van der Waals surface area contributed by atoms with Crippen LogP contribution in [0.15, 0.2) is 29.5 Å². The number of hydrogen-bond acceptors (Lipinski definition) is 6. The largest absolute Gasteiger partial charge is 0.503 e. The second kappa shape index (κ2) is 8.90. The van der Waals surface area contributed by atoms with E-state index < -0.39 is 17.7 Å². The lowest BCUT2D eigenvalue weighted by molar-refractivity contribution is -0.129. The molecule has 1 aromatic rings. The maximum atomic E-state index is 12.7. The van der Waals surface area contributed by atoms with Gasteiger partial charge < -0.3 is 24.4 Å². The van der Waals surface area contributed by atoms with Crippen LogP contribution >= 0.6 is 0 Å². The molecule has 0 saturated carbocycles. The van der Waals surface area contributed by atoms with E-state index in [1.165, 1.54) is 14.0 Å². The fourth-order valence-corrected chi connectivity index (χ4v) is 3.40. The number of ketones is 1. The molecule has 7 nitrogen and oxygen atoms in total. The number of carbonyl (C=O) groups excluding carboxylic acids is 2. The number of hydrogen-bond donors (Lipinski definition) is 1. The molecule has 0 bridgehead atoms. The Kier molecular flexibility index (Phi) is 6.85. The van der Waals surface area contributed by atoms with Crippen LogP contribution in [0.2, 0.25) is 0 Å². The highest BCUT2D eigenvalue weighted by Crippen LogP contribution is 2.40. The Morgan fingerprint density at radius 2 is 1.81 bits per heavy atom. The van der Waals surface area contributed by atoms with E-state index >= 15 is 0 Å². The summed E-state index contributed by atoms with van der Waals surface area (Å²) in [7, 11) is 3.07. The lowest BCUT2D eigenvalue weighted by atomic mass is 9.96. The molecule has 1 aliphatic heterocycles. The van der Waals surface area contributed by atoms with Crippen molar-refractivity contribution >= 4 is 11.7 Å². The second-order valence-electron chi connectivity index (χ2n) is 6.36. The summed E-state index contributed by atoms with van der Waals surface area (Å²) < 4.78 is 10.6. The maximum absolute atomic E-state index is 12.7. The highest BCUT2D eigenvalue weighted by atomic mass is 16.5. The molecule has 1 amide bonds. The number of likely N-dealkylation sites (N-methyl/N-ethyl adjacent to an activating group) is 1. The van der Waals surface area contributed by atoms with Crippen molar-refractivity contribution in [2.45, 2.75) is 26.8 Å². The van der Waals surface area contributed by atoms with E-state index in [-0.39, 0.29) is 11.4 Å². The number of rotatable bonds is 9. The zero-order valence-electron chi connectivity index (χ0n) is 16.6. The fourth-order valence-electron chi connectivity index (χ4n) is 3.40. The Hall–Kier alpha value is -2.54. The average molecular weight is 376 g/mol. The summed E-state index contributed by atoms with van der Waals surface area (Å²) in [6.07, 6.45) is 0. The van der Waals surface area contributed by atoms with Crippen LogP contribution in [0.25, 0.3) is 0 Å². The van der Waals surface area contributed by atoms with Gasteiger partial charge in [-0.1, -0.05) is 19.9 Å². The summed E-state index contributed by atoms with van der Waals surface area (Å²) in [5.41, 5.74) is 0.807. The average Bonchev–Trinajstić information content (AvgIpc) is 2.93. The lowest BCUT2D eigenvalue weighted by Gasteiger charge is -2.29. The van der Waals surface area contributed by atoms with Crippen molar-refractivity contribution in [2.24, 2.45) is 0 Å². The molecule has 0 spiro atoms. The molecule has 0 saturated heterocycles. The van der Waals surface area contributed by atoms with E-state index in [1.807, 2.05) is 0 Å². The van der Waals surface area contributed by atoms with Gasteiger partial charge in [-0.15, -0.1) is 0 Å². The third-order valence-electron chi connectivity index (χ3n) is 4.96. The van der Waals surface area contributed by atoms with Gasteiger partial charge in [-0.05, 0) is 37.7 Å². The van der Waals surface area contributed by atoms with Gasteiger partial charge in [-0.3, -0.25) is 9.59 Å². The van der Waals surface area contributed by atoms with Crippen molar-refractivity contribution < 1.29 is 24.2 Å². The van der Waals surface area contributed by atoms with Crippen molar-refractivity contribution in [2.75, 3.05) is 40.4 Å². The van der Waals surface area contributed by atoms with Gasteiger partial charge in [-0.25, -0.2) is 0 Å². The van der Waals surface area contributed by atoms with Gasteiger partial charge in [0.05, 0.1) is 25.8 Å². The minimum absolute atomic E-state index is 0.117. The highest BCUT2D eigenvalue weighted by molar-refractivity contribution is 6.08. The van der Waals surface area contributed by atoms with Crippen molar-refractivity contribution in [1.82, 2.24) is 9.80 Å². The van der Waals surface area contributed by atoms with Gasteiger partial charge >= 0.3 is 0 Å². The number of aliphatic hydroxyl groups excluding tert-OH is 1. The molecule has 7 heteroatoms. The monoisotopic (exact) mass is 376 g/mol. The first-order valence-corrected chi connectivity index (χ1v) is 9.08. The van der Waals surface area contributed by atoms with Crippen LogP contribution in [0.1, 0.15) is 32.4 Å². The molecule has 2 rings (SSSR count). The minimum atomic E-state index is -0.648. The van der Waals surface area contributed by atoms with Crippen LogP contribution in [0.4, 0.5) is 0 Å². The van der Waals surface area contributed by atoms with Gasteiger partial charge in [0.25, 0.3) is 5.91 Å². The van der Waals surface area contributed by atoms with Crippen LogP contribution in [-0.4, -0.2) is 67.0 Å². The molecule has 0 fully saturated rings. The maximum Gasteiger partial charge on any atom is 0.290 e. The fraction of sp³-hybridized carbons (Fsp3) is 0.500. The SMILES string of the molecule is CCN(CC)CCN1C(=O)C(O)=C(C(C)=O)[C@H]1c1ccc(OC)c(OC)c1. The quantitative estimate of drug-likeness (QED) is 0.713. The number of ether oxygens (including phenoxy) is 2. The molecular weight excluding hydrogens is 348 g/mol. The molecule has 1 aliphatic rings. The number of benzene rings is 1. The van der Waals surface area contributed by atoms with Crippen LogP contribution in [0, 0.1) is 0 Å². The van der Waals surface area contributed by atoms with E-state index in [0.29, 0.717) is 30.2 Å². The third kappa shape index (κ3) is 4.08. The van der Waals surface area contributed by atoms with E-state index in [9.17, 15) is 14.7 Å². The van der Waals surface area contributed by atoms with Crippen LogP contribution in [0.3, 0.4) is 0 Å². The van der Waals surface area contributed by atoms with Gasteiger partial charge in [0, 0.05) is 13.1 Å². The molecule has 1 N–H and O–H groups in total. The predicted octanol–water partition coefficient (Wildman–Crippen LogP) is 2.33. The van der Waals surface area contributed by atoms with Crippen molar-refractivity contribution in [3.63, 3.8) is 0 Å². The summed E-state index contributed by atoms with van der Waals surface area (Å²) in [5.74, 6) is -0.266. The normalized spacial score (nSPS) is 17.0. The topological polar surface area (TPSA) is 79.3 Å². The Balaban J connectivity index is 2.45. The first-order valence-electron chi connectivity index (χ1n) is 9.08. The molecule has 1 atom stereocenters. The first kappa shape index (κ1) is 20.8. The number of amides is 1. The number of methoxy groups -OCH3 is 2. The standard InChI is InChI=1S/C20H28N2O5/c1-6-21(7-2)10-11-22-18(17(13(3)23)19(24)20(22)25)14-8-9-15(26-4)16(12-14)27-5/h8-9,12,18,24H,6-7,10-11H2,1-5H3/t18-/m1/s1. The molecule has 0 radical (unpaired) electrons. The van der Waals surface area contributed by atoms with Crippen LogP contribution in [-0.2, 0) is 9.59 Å². The van der Waals surface area contributed by atoms with E-state index in [4.69, 9.17) is 9.47 Å². The van der Waals surface area contributed by atoms with Crippen molar-refractivity contribution in [3.8, 4) is 11.5 Å². The number of nitrogens with zero attached hydrogens (tertiary/aromatic N) is 2. The summed E-state index contributed by atoms with van der Waals surface area (Å²) in [5, 5.41) is 10.3. The Bertz CT molecular complexity index is 740. The molecule has 0 unspecified atom stereocenters. The Morgan fingerprint density at radius 1 is 1.19 bits per heavy atom. The van der Waals surface area contributed by atoms with Crippen LogP contribution < -0.4 is 9.47 Å². The number of aliphatic hydroxyl groups is 1. The lowest BCUT2D eigenvalue weighted by Crippen LogP contribution is -2.38. The van der Waals surface area contributed by atoms with Crippen molar-refractivity contribution in [1.29, 1.82) is 0 Å². The number of Topliss-reactive ketones (excluding diaryl/α,β-unsaturated/α-hetero) is 1. The molecule has 1 aromatic carbocycles. The van der Waals surface area contributed by atoms with Gasteiger partial charge in [0.1, 0.15) is 0 Å². The third-order valence-corrected chi connectivity index (χ3v) is 4.96. The summed E-state index contributed by atoms with van der Waals surface area (Å²) in [6.45, 7) is 8.24. The van der Waals surface area contributed by atoms with Gasteiger partial charge in [0.2, 0.25) is 0 Å². The molecule has 148 valence electrons. The summed E-state index contributed by atoms with van der Waals surface area (Å²) >= 11 is 0. The van der Waals surface area contributed by atoms with Gasteiger partial charge in [0.15, 0.2) is 23.0 Å². The molecule has 0 aliphatic carbocycles. The van der Waals surface area contributed by atoms with Crippen molar-refractivity contribution in [3.05, 3.63) is 35.1 Å². The summed E-state index contributed by atoms with van der Waals surface area (Å²) in [4.78, 5) is 28.6. The number of carbonyl (C=O) groups is 2. The second-order valence-corrected chi connectivity index (χ2v) is 6.36. The highest BCUT2D eigenvalue weighted by Gasteiger charge is 2.42. The van der Waals surface area contributed by atoms with E-state index in [2.05, 4.69) is 18.7 Å². The smallest absolute Gasteiger partial charge is 0.290 e. The zero-order chi connectivity index (χ0) is 20.1. The summed E-state index contributed by atoms with van der Waals surface area (Å²) in [6, 6.07) is 4.60. The van der Waals surface area contributed by atoms with E-state index in [1.54, 1.807) is 30.2 Å². The van der Waals surface area contributed by atoms with Crippen LogP contribution in [0.5, 0.6) is 11.5 Å². The molecular formula is C20H28N2O5.